The van der Waals surface area contributed by atoms with Crippen LogP contribution in [-0.2, 0) is 13.0 Å². The molecular formula is C18H24N2O2. The van der Waals surface area contributed by atoms with Crippen molar-refractivity contribution in [2.45, 2.75) is 19.4 Å². The summed E-state index contributed by atoms with van der Waals surface area (Å²) >= 11 is 0. The Labute approximate surface area is 131 Å². The normalized spacial score (nSPS) is 10.6. The predicted molar refractivity (Wildman–Crippen MR) is 89.9 cm³/mol. The van der Waals surface area contributed by atoms with Gasteiger partial charge in [0.15, 0.2) is 0 Å². The van der Waals surface area contributed by atoms with Crippen molar-refractivity contribution in [1.29, 1.82) is 0 Å². The van der Waals surface area contributed by atoms with Crippen LogP contribution in [0.2, 0.25) is 0 Å². The van der Waals surface area contributed by atoms with Crippen LogP contribution in [0.3, 0.4) is 0 Å². The fourth-order valence-corrected chi connectivity index (χ4v) is 2.24. The summed E-state index contributed by atoms with van der Waals surface area (Å²) in [7, 11) is 0. The van der Waals surface area contributed by atoms with Gasteiger partial charge in [-0.15, -0.1) is 0 Å². The molecule has 4 nitrogen and oxygen atoms in total. The van der Waals surface area contributed by atoms with Gasteiger partial charge in [-0.1, -0.05) is 36.4 Å². The van der Waals surface area contributed by atoms with Crippen molar-refractivity contribution in [3.8, 4) is 5.75 Å². The molecule has 0 amide bonds. The van der Waals surface area contributed by atoms with Gasteiger partial charge in [0.2, 0.25) is 0 Å². The van der Waals surface area contributed by atoms with E-state index in [2.05, 4.69) is 11.4 Å². The monoisotopic (exact) mass is 300 g/mol. The highest BCUT2D eigenvalue weighted by Crippen LogP contribution is 2.24. The molecule has 2 aromatic rings. The molecular weight excluding hydrogens is 276 g/mol. The molecule has 0 aliphatic heterocycles. The van der Waals surface area contributed by atoms with Crippen molar-refractivity contribution >= 4 is 5.69 Å². The first kappa shape index (κ1) is 16.3. The molecule has 4 heteroatoms. The first-order chi connectivity index (χ1) is 10.8. The van der Waals surface area contributed by atoms with Crippen LogP contribution < -0.4 is 15.8 Å². The number of aliphatic hydroxyl groups excluding tert-OH is 1. The van der Waals surface area contributed by atoms with Gasteiger partial charge in [-0.3, -0.25) is 0 Å². The number of anilines is 1. The Balaban J connectivity index is 1.81. The molecule has 0 atom stereocenters. The van der Waals surface area contributed by atoms with Crippen LogP contribution in [0.4, 0.5) is 5.69 Å². The van der Waals surface area contributed by atoms with E-state index in [9.17, 15) is 0 Å². The minimum atomic E-state index is 0.181. The van der Waals surface area contributed by atoms with E-state index in [1.165, 1.54) is 5.56 Å². The van der Waals surface area contributed by atoms with E-state index in [1.807, 2.05) is 42.5 Å². The zero-order valence-corrected chi connectivity index (χ0v) is 12.8. The average Bonchev–Trinajstić information content (AvgIpc) is 2.55. The first-order valence-corrected chi connectivity index (χ1v) is 7.66. The van der Waals surface area contributed by atoms with Gasteiger partial charge in [0.05, 0.1) is 12.3 Å². The van der Waals surface area contributed by atoms with Crippen molar-refractivity contribution in [1.82, 2.24) is 5.32 Å². The quantitative estimate of drug-likeness (QED) is 0.491. The highest BCUT2D eigenvalue weighted by molar-refractivity contribution is 5.54. The summed E-state index contributed by atoms with van der Waals surface area (Å²) < 4.78 is 5.77. The maximum atomic E-state index is 8.69. The average molecular weight is 300 g/mol. The lowest BCUT2D eigenvalue weighted by molar-refractivity contribution is 0.292. The van der Waals surface area contributed by atoms with E-state index in [1.54, 1.807) is 0 Å². The Hall–Kier alpha value is -2.04. The first-order valence-electron chi connectivity index (χ1n) is 7.66. The molecule has 0 spiro atoms. The number of nitrogen functional groups attached to an aromatic ring is 1. The number of nitrogens with two attached hydrogens (primary N) is 1. The summed E-state index contributed by atoms with van der Waals surface area (Å²) in [5.41, 5.74) is 9.07. The maximum absolute atomic E-state index is 8.69. The maximum Gasteiger partial charge on any atom is 0.142 e. The third-order valence-corrected chi connectivity index (χ3v) is 3.42. The standard InChI is InChI=1S/C18H24N2O2/c19-17-13-15(7-4-10-20-11-12-21)8-9-18(17)22-14-16-5-2-1-3-6-16/h1-3,5-6,8-9,13,20-21H,4,7,10-12,14,19H2. The van der Waals surface area contributed by atoms with Gasteiger partial charge in [-0.25, -0.2) is 0 Å². The van der Waals surface area contributed by atoms with Crippen molar-refractivity contribution in [2.24, 2.45) is 0 Å². The molecule has 0 aliphatic rings. The number of hydrogen-bond donors (Lipinski definition) is 3. The van der Waals surface area contributed by atoms with E-state index in [-0.39, 0.29) is 6.61 Å². The molecule has 0 saturated heterocycles. The fourth-order valence-electron chi connectivity index (χ4n) is 2.24. The van der Waals surface area contributed by atoms with Crippen molar-refractivity contribution in [3.05, 3.63) is 59.7 Å². The van der Waals surface area contributed by atoms with E-state index in [0.717, 1.165) is 30.7 Å². The Morgan fingerprint density at radius 2 is 1.82 bits per heavy atom. The highest BCUT2D eigenvalue weighted by atomic mass is 16.5. The minimum Gasteiger partial charge on any atom is -0.487 e. The molecule has 0 radical (unpaired) electrons. The Morgan fingerprint density at radius 1 is 1.00 bits per heavy atom. The van der Waals surface area contributed by atoms with Crippen LogP contribution in [0.5, 0.6) is 5.75 Å². The molecule has 0 bridgehead atoms. The zero-order chi connectivity index (χ0) is 15.6. The summed E-state index contributed by atoms with van der Waals surface area (Å²) in [5, 5.41) is 11.9. The van der Waals surface area contributed by atoms with Gasteiger partial charge in [-0.05, 0) is 42.6 Å². The largest absolute Gasteiger partial charge is 0.487 e. The molecule has 118 valence electrons. The second-order valence-corrected chi connectivity index (χ2v) is 5.22. The summed E-state index contributed by atoms with van der Waals surface area (Å²) in [5.74, 6) is 0.728. The van der Waals surface area contributed by atoms with Gasteiger partial charge in [-0.2, -0.15) is 0 Å². The lowest BCUT2D eigenvalue weighted by atomic mass is 10.1. The van der Waals surface area contributed by atoms with Crippen molar-refractivity contribution in [3.63, 3.8) is 0 Å². The Kier molecular flexibility index (Phi) is 6.74. The summed E-state index contributed by atoms with van der Waals surface area (Å²) in [6, 6.07) is 16.0. The van der Waals surface area contributed by atoms with Crippen LogP contribution in [0.1, 0.15) is 17.5 Å². The smallest absolute Gasteiger partial charge is 0.142 e. The van der Waals surface area contributed by atoms with Crippen molar-refractivity contribution in [2.75, 3.05) is 25.4 Å². The topological polar surface area (TPSA) is 67.5 Å². The van der Waals surface area contributed by atoms with Gasteiger partial charge in [0.1, 0.15) is 12.4 Å². The second-order valence-electron chi connectivity index (χ2n) is 5.22. The minimum absolute atomic E-state index is 0.181. The van der Waals surface area contributed by atoms with Gasteiger partial charge < -0.3 is 20.9 Å². The third kappa shape index (κ3) is 5.39. The number of benzene rings is 2. The fraction of sp³-hybridized carbons (Fsp3) is 0.333. The molecule has 0 fully saturated rings. The summed E-state index contributed by atoms with van der Waals surface area (Å²) in [6.45, 7) is 2.25. The number of aliphatic hydroxyl groups is 1. The zero-order valence-electron chi connectivity index (χ0n) is 12.8. The summed E-state index contributed by atoms with van der Waals surface area (Å²) in [6.07, 6.45) is 1.98. The van der Waals surface area contributed by atoms with Crippen LogP contribution in [0, 0.1) is 0 Å². The van der Waals surface area contributed by atoms with Crippen molar-refractivity contribution < 1.29 is 9.84 Å². The Morgan fingerprint density at radius 3 is 2.55 bits per heavy atom. The van der Waals surface area contributed by atoms with E-state index >= 15 is 0 Å². The third-order valence-electron chi connectivity index (χ3n) is 3.42. The number of hydrogen-bond acceptors (Lipinski definition) is 4. The van der Waals surface area contributed by atoms with E-state index in [0.29, 0.717) is 18.8 Å². The molecule has 2 rings (SSSR count). The summed E-state index contributed by atoms with van der Waals surface area (Å²) in [4.78, 5) is 0. The van der Waals surface area contributed by atoms with Gasteiger partial charge in [0, 0.05) is 6.54 Å². The number of ether oxygens (including phenoxy) is 1. The van der Waals surface area contributed by atoms with E-state index in [4.69, 9.17) is 15.6 Å². The molecule has 4 N–H and O–H groups in total. The number of aryl methyl sites for hydroxylation is 1. The molecule has 2 aromatic carbocycles. The highest BCUT2D eigenvalue weighted by Gasteiger charge is 2.03. The number of rotatable bonds is 9. The molecule has 0 aromatic heterocycles. The van der Waals surface area contributed by atoms with Crippen LogP contribution in [-0.4, -0.2) is 24.8 Å². The van der Waals surface area contributed by atoms with Crippen LogP contribution in [0.25, 0.3) is 0 Å². The lowest BCUT2D eigenvalue weighted by Crippen LogP contribution is -2.19. The molecule has 0 unspecified atom stereocenters. The SMILES string of the molecule is Nc1cc(CCCNCCO)ccc1OCc1ccccc1. The molecule has 22 heavy (non-hydrogen) atoms. The van der Waals surface area contributed by atoms with Crippen LogP contribution >= 0.6 is 0 Å². The molecule has 0 aliphatic carbocycles. The van der Waals surface area contributed by atoms with Gasteiger partial charge in [0.25, 0.3) is 0 Å². The van der Waals surface area contributed by atoms with Gasteiger partial charge >= 0.3 is 0 Å². The Bertz CT molecular complexity index is 558. The van der Waals surface area contributed by atoms with E-state index < -0.39 is 0 Å². The molecule has 0 saturated carbocycles. The molecule has 0 heterocycles. The lowest BCUT2D eigenvalue weighted by Gasteiger charge is -2.11. The number of nitrogens with one attached hydrogen (secondary N) is 1. The van der Waals surface area contributed by atoms with Crippen LogP contribution in [0.15, 0.2) is 48.5 Å². The second kappa shape index (κ2) is 9.07. The predicted octanol–water partition coefficient (Wildman–Crippen LogP) is 2.36.